The Balaban J connectivity index is 2.05. The minimum atomic E-state index is -0.832. The first kappa shape index (κ1) is 16.7. The van der Waals surface area contributed by atoms with E-state index in [1.165, 1.54) is 6.92 Å². The summed E-state index contributed by atoms with van der Waals surface area (Å²) in [7, 11) is 0. The van der Waals surface area contributed by atoms with Crippen LogP contribution in [0.25, 0.3) is 0 Å². The molecule has 0 aliphatic rings. The predicted octanol–water partition coefficient (Wildman–Crippen LogP) is 3.04. The summed E-state index contributed by atoms with van der Waals surface area (Å²) in [6.45, 7) is 3.21. The Morgan fingerprint density at radius 2 is 1.57 bits per heavy atom. The van der Waals surface area contributed by atoms with Gasteiger partial charge in [-0.05, 0) is 18.1 Å². The maximum absolute atomic E-state index is 12.5. The molecule has 0 radical (unpaired) electrons. The number of esters is 1. The number of nitrogens with one attached hydrogen (secondary N) is 1. The molecule has 2 aromatic rings. The fourth-order valence-electron chi connectivity index (χ4n) is 2.35. The smallest absolute Gasteiger partial charge is 0.303 e. The molecule has 0 spiro atoms. The van der Waals surface area contributed by atoms with E-state index in [0.717, 1.165) is 11.1 Å². The van der Waals surface area contributed by atoms with Crippen molar-refractivity contribution in [1.29, 1.82) is 0 Å². The third-order valence-electron chi connectivity index (χ3n) is 3.52. The second kappa shape index (κ2) is 8.13. The highest BCUT2D eigenvalue weighted by atomic mass is 16.5. The van der Waals surface area contributed by atoms with Gasteiger partial charge in [0, 0.05) is 13.3 Å². The molecule has 0 aromatic heterocycles. The van der Waals surface area contributed by atoms with Gasteiger partial charge in [0.2, 0.25) is 0 Å². The first-order valence-electron chi connectivity index (χ1n) is 7.62. The Morgan fingerprint density at radius 3 is 2.13 bits per heavy atom. The van der Waals surface area contributed by atoms with Crippen molar-refractivity contribution in [3.05, 3.63) is 71.8 Å². The maximum atomic E-state index is 12.5. The number of ether oxygens (including phenoxy) is 1. The number of rotatable bonds is 6. The van der Waals surface area contributed by atoms with Crippen LogP contribution in [0.15, 0.2) is 60.7 Å². The molecule has 2 atom stereocenters. The first-order chi connectivity index (χ1) is 11.1. The number of hydrogen-bond donors (Lipinski definition) is 1. The SMILES string of the molecule is CC(=O)O[C@@H](Cc1ccccc1)C(=O)N[C@@H](C)c1ccccc1. The lowest BCUT2D eigenvalue weighted by atomic mass is 10.1. The van der Waals surface area contributed by atoms with Crippen molar-refractivity contribution in [2.75, 3.05) is 0 Å². The van der Waals surface area contributed by atoms with Crippen LogP contribution < -0.4 is 5.32 Å². The number of carbonyl (C=O) groups excluding carboxylic acids is 2. The van der Waals surface area contributed by atoms with Gasteiger partial charge >= 0.3 is 5.97 Å². The minimum absolute atomic E-state index is 0.155. The van der Waals surface area contributed by atoms with E-state index in [2.05, 4.69) is 5.32 Å². The van der Waals surface area contributed by atoms with Gasteiger partial charge in [-0.25, -0.2) is 0 Å². The molecule has 0 saturated heterocycles. The normalized spacial score (nSPS) is 13.0. The molecular weight excluding hydrogens is 290 g/mol. The molecule has 2 rings (SSSR count). The van der Waals surface area contributed by atoms with Crippen LogP contribution in [0.3, 0.4) is 0 Å². The fourth-order valence-corrected chi connectivity index (χ4v) is 2.35. The lowest BCUT2D eigenvalue weighted by Crippen LogP contribution is -2.40. The van der Waals surface area contributed by atoms with Crippen molar-refractivity contribution in [2.45, 2.75) is 32.4 Å². The van der Waals surface area contributed by atoms with Gasteiger partial charge in [-0.2, -0.15) is 0 Å². The van der Waals surface area contributed by atoms with Crippen molar-refractivity contribution >= 4 is 11.9 Å². The van der Waals surface area contributed by atoms with Crippen molar-refractivity contribution in [1.82, 2.24) is 5.32 Å². The summed E-state index contributed by atoms with van der Waals surface area (Å²) in [5.74, 6) is -0.756. The van der Waals surface area contributed by atoms with Crippen LogP contribution in [0.5, 0.6) is 0 Å². The Labute approximate surface area is 136 Å². The van der Waals surface area contributed by atoms with Crippen LogP contribution in [0.1, 0.15) is 31.0 Å². The van der Waals surface area contributed by atoms with Gasteiger partial charge in [-0.1, -0.05) is 60.7 Å². The van der Waals surface area contributed by atoms with Crippen molar-refractivity contribution in [2.24, 2.45) is 0 Å². The zero-order chi connectivity index (χ0) is 16.7. The minimum Gasteiger partial charge on any atom is -0.452 e. The van der Waals surface area contributed by atoms with E-state index in [1.807, 2.05) is 67.6 Å². The average molecular weight is 311 g/mol. The summed E-state index contributed by atoms with van der Waals surface area (Å²) in [4.78, 5) is 23.8. The Hall–Kier alpha value is -2.62. The van der Waals surface area contributed by atoms with Gasteiger partial charge in [-0.15, -0.1) is 0 Å². The molecule has 0 fully saturated rings. The van der Waals surface area contributed by atoms with E-state index in [9.17, 15) is 9.59 Å². The third-order valence-corrected chi connectivity index (χ3v) is 3.52. The van der Waals surface area contributed by atoms with E-state index in [0.29, 0.717) is 6.42 Å². The highest BCUT2D eigenvalue weighted by molar-refractivity contribution is 5.84. The van der Waals surface area contributed by atoms with E-state index in [4.69, 9.17) is 4.74 Å². The zero-order valence-electron chi connectivity index (χ0n) is 13.4. The predicted molar refractivity (Wildman–Crippen MR) is 88.7 cm³/mol. The van der Waals surface area contributed by atoms with Crippen molar-refractivity contribution in [3.63, 3.8) is 0 Å². The number of amides is 1. The maximum Gasteiger partial charge on any atom is 0.303 e. The molecule has 4 heteroatoms. The second-order valence-corrected chi connectivity index (χ2v) is 5.43. The Kier molecular flexibility index (Phi) is 5.92. The molecular formula is C19H21NO3. The van der Waals surface area contributed by atoms with Gasteiger partial charge in [0.05, 0.1) is 6.04 Å². The average Bonchev–Trinajstić information content (AvgIpc) is 2.55. The van der Waals surface area contributed by atoms with E-state index >= 15 is 0 Å². The van der Waals surface area contributed by atoms with Crippen LogP contribution in [0.2, 0.25) is 0 Å². The molecule has 2 aromatic carbocycles. The number of hydrogen-bond acceptors (Lipinski definition) is 3. The molecule has 120 valence electrons. The quantitative estimate of drug-likeness (QED) is 0.834. The molecule has 0 aliphatic carbocycles. The molecule has 0 heterocycles. The third kappa shape index (κ3) is 5.25. The zero-order valence-corrected chi connectivity index (χ0v) is 13.4. The highest BCUT2D eigenvalue weighted by Gasteiger charge is 2.23. The van der Waals surface area contributed by atoms with Crippen LogP contribution >= 0.6 is 0 Å². The second-order valence-electron chi connectivity index (χ2n) is 5.43. The van der Waals surface area contributed by atoms with E-state index in [1.54, 1.807) is 0 Å². The van der Waals surface area contributed by atoms with Crippen molar-refractivity contribution < 1.29 is 14.3 Å². The lowest BCUT2D eigenvalue weighted by molar-refractivity contribution is -0.154. The standard InChI is InChI=1S/C19H21NO3/c1-14(17-11-7-4-8-12-17)20-19(22)18(23-15(2)21)13-16-9-5-3-6-10-16/h3-12,14,18H,13H2,1-2H3,(H,20,22)/t14-,18-/m0/s1. The fraction of sp³-hybridized carbons (Fsp3) is 0.263. The molecule has 0 bridgehead atoms. The summed E-state index contributed by atoms with van der Waals surface area (Å²) in [6.07, 6.45) is -0.477. The van der Waals surface area contributed by atoms with Gasteiger partial charge in [-0.3, -0.25) is 9.59 Å². The van der Waals surface area contributed by atoms with Crippen LogP contribution in [-0.2, 0) is 20.7 Å². The molecule has 1 amide bonds. The molecule has 0 saturated carbocycles. The summed E-state index contributed by atoms with van der Waals surface area (Å²) in [5, 5.41) is 2.91. The van der Waals surface area contributed by atoms with E-state index < -0.39 is 12.1 Å². The van der Waals surface area contributed by atoms with Gasteiger partial charge < -0.3 is 10.1 Å². The van der Waals surface area contributed by atoms with Gasteiger partial charge in [0.1, 0.15) is 0 Å². The van der Waals surface area contributed by atoms with Crippen molar-refractivity contribution in [3.8, 4) is 0 Å². The van der Waals surface area contributed by atoms with Crippen LogP contribution in [-0.4, -0.2) is 18.0 Å². The molecule has 1 N–H and O–H groups in total. The largest absolute Gasteiger partial charge is 0.452 e. The van der Waals surface area contributed by atoms with Crippen LogP contribution in [0, 0.1) is 0 Å². The lowest BCUT2D eigenvalue weighted by Gasteiger charge is -2.20. The molecule has 4 nitrogen and oxygen atoms in total. The van der Waals surface area contributed by atoms with Crippen LogP contribution in [0.4, 0.5) is 0 Å². The Morgan fingerprint density at radius 1 is 1.00 bits per heavy atom. The number of benzene rings is 2. The number of carbonyl (C=O) groups is 2. The summed E-state index contributed by atoms with van der Waals surface area (Å²) >= 11 is 0. The summed E-state index contributed by atoms with van der Waals surface area (Å²) < 4.78 is 5.20. The summed E-state index contributed by atoms with van der Waals surface area (Å²) in [6, 6.07) is 19.0. The summed E-state index contributed by atoms with van der Waals surface area (Å²) in [5.41, 5.74) is 1.95. The van der Waals surface area contributed by atoms with Gasteiger partial charge in [0.15, 0.2) is 6.10 Å². The molecule has 0 aliphatic heterocycles. The van der Waals surface area contributed by atoms with Gasteiger partial charge in [0.25, 0.3) is 5.91 Å². The topological polar surface area (TPSA) is 55.4 Å². The highest BCUT2D eigenvalue weighted by Crippen LogP contribution is 2.13. The first-order valence-corrected chi connectivity index (χ1v) is 7.62. The monoisotopic (exact) mass is 311 g/mol. The molecule has 0 unspecified atom stereocenters. The van der Waals surface area contributed by atoms with E-state index in [-0.39, 0.29) is 11.9 Å². The molecule has 23 heavy (non-hydrogen) atoms. The Bertz CT molecular complexity index is 640.